The van der Waals surface area contributed by atoms with E-state index in [4.69, 9.17) is 10.00 Å². The van der Waals surface area contributed by atoms with Gasteiger partial charge in [0.15, 0.2) is 0 Å². The number of nitriles is 1. The standard InChI is InChI=1S/C16H11F4NO/c1-22-15-8-10(6-7-21)2-4-12(15)13-9-11(16(18,19)20)3-5-14(13)17/h2-5,8-9H,6H2,1H3. The Kier molecular flexibility index (Phi) is 4.36. The molecule has 0 bridgehead atoms. The summed E-state index contributed by atoms with van der Waals surface area (Å²) in [5, 5.41) is 8.66. The molecule has 0 aliphatic carbocycles. The van der Waals surface area contributed by atoms with Crippen molar-refractivity contribution in [3.63, 3.8) is 0 Å². The lowest BCUT2D eigenvalue weighted by atomic mass is 9.99. The van der Waals surface area contributed by atoms with Crippen molar-refractivity contribution in [3.8, 4) is 22.9 Å². The molecule has 114 valence electrons. The van der Waals surface area contributed by atoms with Crippen molar-refractivity contribution in [1.82, 2.24) is 0 Å². The number of alkyl halides is 3. The summed E-state index contributed by atoms with van der Waals surface area (Å²) < 4.78 is 57.4. The number of rotatable bonds is 3. The Bertz CT molecular complexity index is 732. The summed E-state index contributed by atoms with van der Waals surface area (Å²) in [4.78, 5) is 0. The Morgan fingerprint density at radius 1 is 1.09 bits per heavy atom. The Hall–Kier alpha value is -2.55. The quantitative estimate of drug-likeness (QED) is 0.777. The molecule has 0 spiro atoms. The number of methoxy groups -OCH3 is 1. The third-order valence-corrected chi connectivity index (χ3v) is 3.13. The predicted molar refractivity (Wildman–Crippen MR) is 72.7 cm³/mol. The second-order valence-electron chi connectivity index (χ2n) is 4.56. The first-order valence-electron chi connectivity index (χ1n) is 6.28. The third-order valence-electron chi connectivity index (χ3n) is 3.13. The number of benzene rings is 2. The van der Waals surface area contributed by atoms with Gasteiger partial charge in [-0.2, -0.15) is 18.4 Å². The summed E-state index contributed by atoms with van der Waals surface area (Å²) >= 11 is 0. The van der Waals surface area contributed by atoms with Gasteiger partial charge in [-0.1, -0.05) is 12.1 Å². The second-order valence-corrected chi connectivity index (χ2v) is 4.56. The molecule has 2 rings (SSSR count). The van der Waals surface area contributed by atoms with Crippen LogP contribution in [0.4, 0.5) is 17.6 Å². The van der Waals surface area contributed by atoms with Crippen LogP contribution in [-0.2, 0) is 12.6 Å². The van der Waals surface area contributed by atoms with E-state index in [-0.39, 0.29) is 23.3 Å². The van der Waals surface area contributed by atoms with Crippen LogP contribution >= 0.6 is 0 Å². The van der Waals surface area contributed by atoms with Gasteiger partial charge in [0.2, 0.25) is 0 Å². The first-order valence-corrected chi connectivity index (χ1v) is 6.28. The summed E-state index contributed by atoms with van der Waals surface area (Å²) in [5.41, 5.74) is -0.300. The lowest BCUT2D eigenvalue weighted by molar-refractivity contribution is -0.137. The van der Waals surface area contributed by atoms with Crippen molar-refractivity contribution < 1.29 is 22.3 Å². The molecule has 0 amide bonds. The largest absolute Gasteiger partial charge is 0.496 e. The van der Waals surface area contributed by atoms with Crippen LogP contribution in [0.2, 0.25) is 0 Å². The van der Waals surface area contributed by atoms with Gasteiger partial charge < -0.3 is 4.74 Å². The van der Waals surface area contributed by atoms with Gasteiger partial charge in [-0.05, 0) is 29.8 Å². The topological polar surface area (TPSA) is 33.0 Å². The molecule has 0 N–H and O–H groups in total. The van der Waals surface area contributed by atoms with Crippen molar-refractivity contribution >= 4 is 0 Å². The van der Waals surface area contributed by atoms with E-state index in [2.05, 4.69) is 0 Å². The van der Waals surface area contributed by atoms with E-state index in [1.165, 1.54) is 19.2 Å². The highest BCUT2D eigenvalue weighted by molar-refractivity contribution is 5.72. The molecule has 2 aromatic rings. The molecule has 0 saturated carbocycles. The highest BCUT2D eigenvalue weighted by Crippen LogP contribution is 2.37. The number of hydrogen-bond acceptors (Lipinski definition) is 2. The van der Waals surface area contributed by atoms with Crippen LogP contribution in [0.3, 0.4) is 0 Å². The van der Waals surface area contributed by atoms with Crippen LogP contribution < -0.4 is 4.74 Å². The minimum atomic E-state index is -4.56. The molecule has 0 saturated heterocycles. The van der Waals surface area contributed by atoms with Crippen LogP contribution in [0, 0.1) is 17.1 Å². The lowest BCUT2D eigenvalue weighted by Crippen LogP contribution is -2.05. The van der Waals surface area contributed by atoms with Gasteiger partial charge in [0.05, 0.1) is 25.2 Å². The maximum absolute atomic E-state index is 13.9. The maximum atomic E-state index is 13.9. The fraction of sp³-hybridized carbons (Fsp3) is 0.188. The van der Waals surface area contributed by atoms with E-state index in [0.717, 1.165) is 12.1 Å². The SMILES string of the molecule is COc1cc(CC#N)ccc1-c1cc(C(F)(F)F)ccc1F. The molecule has 0 atom stereocenters. The van der Waals surface area contributed by atoms with Crippen molar-refractivity contribution in [1.29, 1.82) is 5.26 Å². The van der Waals surface area contributed by atoms with E-state index in [9.17, 15) is 17.6 Å². The number of halogens is 4. The Morgan fingerprint density at radius 2 is 1.82 bits per heavy atom. The maximum Gasteiger partial charge on any atom is 0.416 e. The third kappa shape index (κ3) is 3.19. The van der Waals surface area contributed by atoms with Crippen molar-refractivity contribution in [2.45, 2.75) is 12.6 Å². The second kappa shape index (κ2) is 6.06. The molecular weight excluding hydrogens is 298 g/mol. The molecule has 0 fully saturated rings. The highest BCUT2D eigenvalue weighted by Gasteiger charge is 2.31. The first kappa shape index (κ1) is 15.8. The first-order chi connectivity index (χ1) is 10.4. The van der Waals surface area contributed by atoms with Crippen LogP contribution in [0.5, 0.6) is 5.75 Å². The smallest absolute Gasteiger partial charge is 0.416 e. The fourth-order valence-electron chi connectivity index (χ4n) is 2.07. The zero-order chi connectivity index (χ0) is 16.3. The molecule has 0 aliphatic heterocycles. The van der Waals surface area contributed by atoms with Crippen LogP contribution in [0.25, 0.3) is 11.1 Å². The zero-order valence-corrected chi connectivity index (χ0v) is 11.5. The summed E-state index contributed by atoms with van der Waals surface area (Å²) in [7, 11) is 1.33. The molecule has 0 heterocycles. The molecular formula is C16H11F4NO. The lowest BCUT2D eigenvalue weighted by Gasteiger charge is -2.13. The zero-order valence-electron chi connectivity index (χ0n) is 11.5. The number of nitrogens with zero attached hydrogens (tertiary/aromatic N) is 1. The Balaban J connectivity index is 2.58. The molecule has 0 aliphatic rings. The minimum Gasteiger partial charge on any atom is -0.496 e. The number of ether oxygens (including phenoxy) is 1. The predicted octanol–water partition coefficient (Wildman–Crippen LogP) is 4.59. The molecule has 6 heteroatoms. The van der Waals surface area contributed by atoms with E-state index in [0.29, 0.717) is 11.6 Å². The molecule has 0 radical (unpaired) electrons. The van der Waals surface area contributed by atoms with Crippen LogP contribution in [0.1, 0.15) is 11.1 Å². The average Bonchev–Trinajstić information content (AvgIpc) is 2.47. The number of hydrogen-bond donors (Lipinski definition) is 0. The minimum absolute atomic E-state index is 0.127. The molecule has 0 unspecified atom stereocenters. The van der Waals surface area contributed by atoms with Gasteiger partial charge >= 0.3 is 6.18 Å². The van der Waals surface area contributed by atoms with E-state index in [1.807, 2.05) is 6.07 Å². The van der Waals surface area contributed by atoms with Crippen LogP contribution in [0.15, 0.2) is 36.4 Å². The van der Waals surface area contributed by atoms with Gasteiger partial charge in [0.25, 0.3) is 0 Å². The van der Waals surface area contributed by atoms with Crippen molar-refractivity contribution in [2.24, 2.45) is 0 Å². The van der Waals surface area contributed by atoms with Crippen molar-refractivity contribution in [3.05, 3.63) is 53.3 Å². The van der Waals surface area contributed by atoms with Gasteiger partial charge in [-0.3, -0.25) is 0 Å². The fourth-order valence-corrected chi connectivity index (χ4v) is 2.07. The van der Waals surface area contributed by atoms with Gasteiger partial charge in [-0.25, -0.2) is 4.39 Å². The van der Waals surface area contributed by atoms with E-state index < -0.39 is 17.6 Å². The molecule has 2 nitrogen and oxygen atoms in total. The van der Waals surface area contributed by atoms with Gasteiger partial charge in [0.1, 0.15) is 11.6 Å². The summed E-state index contributed by atoms with van der Waals surface area (Å²) in [5.74, 6) is -0.565. The van der Waals surface area contributed by atoms with E-state index >= 15 is 0 Å². The average molecular weight is 309 g/mol. The molecule has 2 aromatic carbocycles. The highest BCUT2D eigenvalue weighted by atomic mass is 19.4. The monoisotopic (exact) mass is 309 g/mol. The Morgan fingerprint density at radius 3 is 2.41 bits per heavy atom. The molecule has 0 aromatic heterocycles. The van der Waals surface area contributed by atoms with Crippen LogP contribution in [-0.4, -0.2) is 7.11 Å². The molecule has 22 heavy (non-hydrogen) atoms. The van der Waals surface area contributed by atoms with E-state index in [1.54, 1.807) is 6.07 Å². The Labute approximate surface area is 124 Å². The van der Waals surface area contributed by atoms with Crippen molar-refractivity contribution in [2.75, 3.05) is 7.11 Å². The van der Waals surface area contributed by atoms with Gasteiger partial charge in [-0.15, -0.1) is 0 Å². The normalized spacial score (nSPS) is 11.1. The summed E-state index contributed by atoms with van der Waals surface area (Å²) in [6.45, 7) is 0. The summed E-state index contributed by atoms with van der Waals surface area (Å²) in [6.07, 6.45) is -4.43. The van der Waals surface area contributed by atoms with Gasteiger partial charge in [0, 0.05) is 11.1 Å². The summed E-state index contributed by atoms with van der Waals surface area (Å²) in [6, 6.07) is 8.69.